The molecule has 1 aromatic rings. The van der Waals surface area contributed by atoms with Gasteiger partial charge in [0.05, 0.1) is 10.6 Å². The summed E-state index contributed by atoms with van der Waals surface area (Å²) in [7, 11) is -3.07. The van der Waals surface area contributed by atoms with Crippen molar-refractivity contribution >= 4 is 9.84 Å². The zero-order valence-corrected chi connectivity index (χ0v) is 9.42. The molecule has 1 atom stereocenters. The Kier molecular flexibility index (Phi) is 3.69. The van der Waals surface area contributed by atoms with Crippen LogP contribution in [0.5, 0.6) is 0 Å². The number of sulfone groups is 1. The molecule has 0 heterocycles. The zero-order chi connectivity index (χ0) is 10.6. The maximum atomic E-state index is 11.8. The van der Waals surface area contributed by atoms with E-state index in [1.54, 1.807) is 24.3 Å². The fourth-order valence-corrected chi connectivity index (χ4v) is 2.97. The first kappa shape index (κ1) is 11.2. The average molecular weight is 212 g/mol. The number of rotatable bonds is 4. The van der Waals surface area contributed by atoms with E-state index in [9.17, 15) is 8.42 Å². The van der Waals surface area contributed by atoms with Gasteiger partial charge in [0.25, 0.3) is 0 Å². The average Bonchev–Trinajstić information content (AvgIpc) is 2.18. The van der Waals surface area contributed by atoms with Crippen molar-refractivity contribution in [3.8, 4) is 0 Å². The van der Waals surface area contributed by atoms with E-state index in [1.165, 1.54) is 0 Å². The van der Waals surface area contributed by atoms with Gasteiger partial charge in [0.2, 0.25) is 0 Å². The van der Waals surface area contributed by atoms with Crippen molar-refractivity contribution in [2.45, 2.75) is 25.2 Å². The molecule has 0 radical (unpaired) electrons. The lowest BCUT2D eigenvalue weighted by Gasteiger charge is -2.08. The predicted molar refractivity (Wildman–Crippen MR) is 57.9 cm³/mol. The van der Waals surface area contributed by atoms with E-state index in [0.717, 1.165) is 6.42 Å². The normalized spacial score (nSPS) is 13.9. The molecule has 0 aromatic heterocycles. The molecule has 0 aliphatic rings. The van der Waals surface area contributed by atoms with Gasteiger partial charge in [-0.05, 0) is 18.1 Å². The van der Waals surface area contributed by atoms with Crippen LogP contribution in [-0.2, 0) is 9.84 Å². The van der Waals surface area contributed by atoms with E-state index in [2.05, 4.69) is 0 Å². The Balaban J connectivity index is 2.87. The number of hydrogen-bond acceptors (Lipinski definition) is 2. The Morgan fingerprint density at radius 1 is 1.21 bits per heavy atom. The quantitative estimate of drug-likeness (QED) is 0.768. The third kappa shape index (κ3) is 2.84. The van der Waals surface area contributed by atoms with Crippen LogP contribution >= 0.6 is 0 Å². The molecule has 14 heavy (non-hydrogen) atoms. The Bertz CT molecular complexity index is 368. The molecule has 3 heteroatoms. The highest BCUT2D eigenvalue weighted by atomic mass is 32.2. The molecule has 0 N–H and O–H groups in total. The van der Waals surface area contributed by atoms with Gasteiger partial charge in [0.15, 0.2) is 9.84 Å². The van der Waals surface area contributed by atoms with Gasteiger partial charge in [-0.3, -0.25) is 0 Å². The van der Waals surface area contributed by atoms with Crippen molar-refractivity contribution < 1.29 is 8.42 Å². The lowest BCUT2D eigenvalue weighted by atomic mass is 10.2. The second kappa shape index (κ2) is 4.60. The molecule has 1 aromatic carbocycles. The minimum Gasteiger partial charge on any atom is -0.224 e. The van der Waals surface area contributed by atoms with Crippen molar-refractivity contribution in [2.24, 2.45) is 5.92 Å². The van der Waals surface area contributed by atoms with Crippen LogP contribution in [0.2, 0.25) is 0 Å². The van der Waals surface area contributed by atoms with E-state index in [-0.39, 0.29) is 11.7 Å². The molecule has 78 valence electrons. The summed E-state index contributed by atoms with van der Waals surface area (Å²) in [5.74, 6) is 0.466. The Hall–Kier alpha value is -0.830. The van der Waals surface area contributed by atoms with Crippen molar-refractivity contribution in [3.63, 3.8) is 0 Å². The first-order valence-corrected chi connectivity index (χ1v) is 6.49. The topological polar surface area (TPSA) is 34.1 Å². The van der Waals surface area contributed by atoms with E-state index in [1.807, 2.05) is 19.9 Å². The summed E-state index contributed by atoms with van der Waals surface area (Å²) in [6, 6.07) is 8.63. The lowest BCUT2D eigenvalue weighted by molar-refractivity contribution is 0.564. The van der Waals surface area contributed by atoms with Gasteiger partial charge in [-0.15, -0.1) is 0 Å². The fraction of sp³-hybridized carbons (Fsp3) is 0.455. The lowest BCUT2D eigenvalue weighted by Crippen LogP contribution is -2.13. The molecular weight excluding hydrogens is 196 g/mol. The zero-order valence-electron chi connectivity index (χ0n) is 8.60. The largest absolute Gasteiger partial charge is 0.224 e. The monoisotopic (exact) mass is 212 g/mol. The molecule has 0 saturated carbocycles. The Labute approximate surface area is 85.9 Å². The maximum absolute atomic E-state index is 11.8. The van der Waals surface area contributed by atoms with E-state index < -0.39 is 9.84 Å². The number of hydrogen-bond donors (Lipinski definition) is 0. The summed E-state index contributed by atoms with van der Waals surface area (Å²) in [5.41, 5.74) is 0. The third-order valence-corrected chi connectivity index (χ3v) is 4.30. The van der Waals surface area contributed by atoms with Crippen LogP contribution < -0.4 is 0 Å². The summed E-state index contributed by atoms with van der Waals surface area (Å²) in [6.45, 7) is 3.96. The molecule has 1 unspecified atom stereocenters. The molecule has 0 aliphatic heterocycles. The Morgan fingerprint density at radius 3 is 2.29 bits per heavy atom. The molecule has 0 spiro atoms. The summed E-state index contributed by atoms with van der Waals surface area (Å²) in [5, 5.41) is 0. The molecule has 0 aliphatic carbocycles. The van der Waals surface area contributed by atoms with Crippen LogP contribution in [0.25, 0.3) is 0 Å². The Morgan fingerprint density at radius 2 is 1.79 bits per heavy atom. The smallest absolute Gasteiger partial charge is 0.178 e. The van der Waals surface area contributed by atoms with E-state index >= 15 is 0 Å². The summed E-state index contributed by atoms with van der Waals surface area (Å²) in [4.78, 5) is 0.431. The fourth-order valence-electron chi connectivity index (χ4n) is 1.22. The van der Waals surface area contributed by atoms with Gasteiger partial charge in [-0.1, -0.05) is 38.5 Å². The van der Waals surface area contributed by atoms with Gasteiger partial charge in [-0.2, -0.15) is 0 Å². The molecule has 0 amide bonds. The highest BCUT2D eigenvalue weighted by Gasteiger charge is 2.16. The van der Waals surface area contributed by atoms with Crippen LogP contribution in [0.15, 0.2) is 35.2 Å². The van der Waals surface area contributed by atoms with Gasteiger partial charge in [0.1, 0.15) is 0 Å². The van der Waals surface area contributed by atoms with E-state index in [0.29, 0.717) is 4.90 Å². The molecule has 0 fully saturated rings. The molecule has 0 saturated heterocycles. The first-order chi connectivity index (χ1) is 6.56. The minimum atomic E-state index is -3.07. The predicted octanol–water partition coefficient (Wildman–Crippen LogP) is 2.51. The van der Waals surface area contributed by atoms with Crippen LogP contribution in [0, 0.1) is 5.92 Å². The van der Waals surface area contributed by atoms with Crippen molar-refractivity contribution in [3.05, 3.63) is 30.3 Å². The highest BCUT2D eigenvalue weighted by molar-refractivity contribution is 7.91. The molecule has 2 nitrogen and oxygen atoms in total. The highest BCUT2D eigenvalue weighted by Crippen LogP contribution is 2.14. The van der Waals surface area contributed by atoms with Gasteiger partial charge < -0.3 is 0 Å². The molecule has 1 rings (SSSR count). The van der Waals surface area contributed by atoms with Crippen molar-refractivity contribution in [1.29, 1.82) is 0 Å². The first-order valence-electron chi connectivity index (χ1n) is 4.84. The van der Waals surface area contributed by atoms with Gasteiger partial charge >= 0.3 is 0 Å². The van der Waals surface area contributed by atoms with Crippen LogP contribution in [-0.4, -0.2) is 14.2 Å². The molecule has 0 bridgehead atoms. The SMILES string of the molecule is CCC(C)CS(=O)(=O)c1ccccc1. The minimum absolute atomic E-state index is 0.222. The van der Waals surface area contributed by atoms with Crippen LogP contribution in [0.3, 0.4) is 0 Å². The van der Waals surface area contributed by atoms with Gasteiger partial charge in [0, 0.05) is 0 Å². The number of benzene rings is 1. The summed E-state index contributed by atoms with van der Waals surface area (Å²) in [6.07, 6.45) is 0.895. The van der Waals surface area contributed by atoms with Crippen LogP contribution in [0.4, 0.5) is 0 Å². The van der Waals surface area contributed by atoms with Crippen molar-refractivity contribution in [2.75, 3.05) is 5.75 Å². The second-order valence-electron chi connectivity index (χ2n) is 3.61. The standard InChI is InChI=1S/C11H16O2S/c1-3-10(2)9-14(12,13)11-7-5-4-6-8-11/h4-8,10H,3,9H2,1-2H3. The van der Waals surface area contributed by atoms with Gasteiger partial charge in [-0.25, -0.2) is 8.42 Å². The molecular formula is C11H16O2S. The van der Waals surface area contributed by atoms with E-state index in [4.69, 9.17) is 0 Å². The maximum Gasteiger partial charge on any atom is 0.178 e. The second-order valence-corrected chi connectivity index (χ2v) is 5.64. The summed E-state index contributed by atoms with van der Waals surface area (Å²) >= 11 is 0. The van der Waals surface area contributed by atoms with Crippen molar-refractivity contribution in [1.82, 2.24) is 0 Å². The third-order valence-electron chi connectivity index (χ3n) is 2.30. The summed E-state index contributed by atoms with van der Waals surface area (Å²) < 4.78 is 23.6. The van der Waals surface area contributed by atoms with Crippen LogP contribution in [0.1, 0.15) is 20.3 Å².